The fourth-order valence-electron chi connectivity index (χ4n) is 1.08. The van der Waals surface area contributed by atoms with Crippen molar-refractivity contribution >= 4 is 5.78 Å². The van der Waals surface area contributed by atoms with Crippen LogP contribution in [0.1, 0.15) is 17.3 Å². The molecule has 9 heavy (non-hydrogen) atoms. The van der Waals surface area contributed by atoms with E-state index < -0.39 is 0 Å². The molecule has 0 aromatic rings. The van der Waals surface area contributed by atoms with Crippen molar-refractivity contribution in [3.05, 3.63) is 34.2 Å². The summed E-state index contributed by atoms with van der Waals surface area (Å²) < 4.78 is 0. The second kappa shape index (κ2) is 1.24. The topological polar surface area (TPSA) is 17.1 Å². The molecule has 0 atom stereocenters. The van der Waals surface area contributed by atoms with E-state index in [1.807, 2.05) is 18.2 Å². The van der Waals surface area contributed by atoms with Crippen molar-refractivity contribution in [2.45, 2.75) is 6.92 Å². The second-order valence-corrected chi connectivity index (χ2v) is 2.32. The van der Waals surface area contributed by atoms with Crippen LogP contribution < -0.4 is 0 Å². The molecule has 0 N–H and O–H groups in total. The minimum atomic E-state index is 0.179. The Kier molecular flexibility index (Phi) is 0.652. The fraction of sp³-hybridized carbons (Fsp3) is 0.125. The third kappa shape index (κ3) is 0.416. The molecule has 2 rings (SSSR count). The van der Waals surface area contributed by atoms with E-state index in [0.717, 1.165) is 10.8 Å². The molecule has 0 heterocycles. The molecule has 0 aromatic heterocycles. The molecular formula is C8H6O. The van der Waals surface area contributed by atoms with Crippen molar-refractivity contribution in [3.63, 3.8) is 0 Å². The van der Waals surface area contributed by atoms with E-state index in [1.165, 1.54) is 5.22 Å². The predicted molar refractivity (Wildman–Crippen MR) is 34.1 cm³/mol. The van der Waals surface area contributed by atoms with Gasteiger partial charge in [0, 0.05) is 5.56 Å². The molecule has 2 aliphatic carbocycles. The molecule has 0 bridgehead atoms. The summed E-state index contributed by atoms with van der Waals surface area (Å²) in [4.78, 5) is 10.7. The average molecular weight is 118 g/mol. The highest BCUT2D eigenvalue weighted by molar-refractivity contribution is 5.95. The van der Waals surface area contributed by atoms with Crippen LogP contribution in [0.4, 0.5) is 0 Å². The van der Waals surface area contributed by atoms with Crippen molar-refractivity contribution in [1.29, 1.82) is 0 Å². The molecule has 0 spiro atoms. The van der Waals surface area contributed by atoms with Crippen LogP contribution in [0.25, 0.3) is 0 Å². The first-order chi connectivity index (χ1) is 4.29. The standard InChI is InChI=1S/C8H6O/c1-5(9)8-4-6-2-3-7(6)8/h2-4H,1H3. The van der Waals surface area contributed by atoms with Gasteiger partial charge in [-0.3, -0.25) is 4.79 Å². The molecule has 2 aliphatic rings. The normalized spacial score (nSPS) is 11.2. The number of hydrogen-bond donors (Lipinski definition) is 0. The van der Waals surface area contributed by atoms with Crippen molar-refractivity contribution < 1.29 is 4.79 Å². The Morgan fingerprint density at radius 1 is 1.44 bits per heavy atom. The number of carbonyl (C=O) groups excluding carboxylic acids is 1. The van der Waals surface area contributed by atoms with E-state index in [-0.39, 0.29) is 5.78 Å². The fourth-order valence-corrected chi connectivity index (χ4v) is 1.08. The number of Topliss-reactive ketones (excluding diaryl/α,β-unsaturated/α-hetero) is 1. The Labute approximate surface area is 52.6 Å². The van der Waals surface area contributed by atoms with Crippen LogP contribution in [0.2, 0.25) is 0 Å². The molecule has 0 aromatic carbocycles. The van der Waals surface area contributed by atoms with Crippen LogP contribution >= 0.6 is 0 Å². The van der Waals surface area contributed by atoms with Gasteiger partial charge in [0.25, 0.3) is 0 Å². The molecular weight excluding hydrogens is 112 g/mol. The van der Waals surface area contributed by atoms with Crippen molar-refractivity contribution in [2.24, 2.45) is 0 Å². The molecule has 0 unspecified atom stereocenters. The SMILES string of the molecule is CC(=O)c1cc2ccc1=2. The highest BCUT2D eigenvalue weighted by Crippen LogP contribution is 2.15. The smallest absolute Gasteiger partial charge is 0.160 e. The lowest BCUT2D eigenvalue weighted by atomic mass is 9.97. The second-order valence-electron chi connectivity index (χ2n) is 2.32. The summed E-state index contributed by atoms with van der Waals surface area (Å²) in [6.45, 7) is 1.60. The van der Waals surface area contributed by atoms with Crippen molar-refractivity contribution in [1.82, 2.24) is 0 Å². The summed E-state index contributed by atoms with van der Waals surface area (Å²) in [5.41, 5.74) is 0.896. The van der Waals surface area contributed by atoms with Crippen LogP contribution in [-0.2, 0) is 0 Å². The number of rotatable bonds is 1. The summed E-state index contributed by atoms with van der Waals surface area (Å²) in [5.74, 6) is 0.179. The number of benzene rings is 1. The molecule has 0 saturated heterocycles. The largest absolute Gasteiger partial charge is 0.294 e. The lowest BCUT2D eigenvalue weighted by molar-refractivity contribution is 0.101. The van der Waals surface area contributed by atoms with Gasteiger partial charge >= 0.3 is 0 Å². The van der Waals surface area contributed by atoms with Gasteiger partial charge in [-0.15, -0.1) is 0 Å². The first-order valence-electron chi connectivity index (χ1n) is 2.94. The van der Waals surface area contributed by atoms with Crippen LogP contribution in [0.3, 0.4) is 0 Å². The molecule has 0 amide bonds. The Bertz CT molecular complexity index is 363. The minimum absolute atomic E-state index is 0.179. The van der Waals surface area contributed by atoms with E-state index in [2.05, 4.69) is 0 Å². The highest BCUT2D eigenvalue weighted by atomic mass is 16.1. The third-order valence-electron chi connectivity index (χ3n) is 1.71. The van der Waals surface area contributed by atoms with Gasteiger partial charge in [-0.1, -0.05) is 12.1 Å². The van der Waals surface area contributed by atoms with Gasteiger partial charge in [0.1, 0.15) is 0 Å². The summed E-state index contributed by atoms with van der Waals surface area (Å²) in [5, 5.41) is 2.39. The monoisotopic (exact) mass is 118 g/mol. The third-order valence-corrected chi connectivity index (χ3v) is 1.71. The highest BCUT2D eigenvalue weighted by Gasteiger charge is 2.08. The number of carbonyl (C=O) groups is 1. The zero-order chi connectivity index (χ0) is 6.43. The van der Waals surface area contributed by atoms with Crippen molar-refractivity contribution in [3.8, 4) is 0 Å². The van der Waals surface area contributed by atoms with Gasteiger partial charge < -0.3 is 0 Å². The summed E-state index contributed by atoms with van der Waals surface area (Å²) in [6.07, 6.45) is 0. The Hall–Kier alpha value is -1.11. The van der Waals surface area contributed by atoms with E-state index in [9.17, 15) is 4.79 Å². The Balaban J connectivity index is 2.64. The summed E-state index contributed by atoms with van der Waals surface area (Å²) in [6, 6.07) is 5.92. The maximum absolute atomic E-state index is 10.7. The maximum Gasteiger partial charge on any atom is 0.160 e. The minimum Gasteiger partial charge on any atom is -0.294 e. The molecule has 1 heteroatoms. The molecule has 44 valence electrons. The van der Waals surface area contributed by atoms with Gasteiger partial charge in [-0.25, -0.2) is 0 Å². The number of hydrogen-bond acceptors (Lipinski definition) is 1. The first kappa shape index (κ1) is 4.74. The Morgan fingerprint density at radius 2 is 2.22 bits per heavy atom. The van der Waals surface area contributed by atoms with Gasteiger partial charge in [-0.2, -0.15) is 0 Å². The molecule has 0 radical (unpaired) electrons. The molecule has 1 nitrogen and oxygen atoms in total. The summed E-state index contributed by atoms with van der Waals surface area (Å²) in [7, 11) is 0. The lowest BCUT2D eigenvalue weighted by Crippen LogP contribution is -2.01. The van der Waals surface area contributed by atoms with E-state index >= 15 is 0 Å². The van der Waals surface area contributed by atoms with Crippen LogP contribution in [0.15, 0.2) is 18.2 Å². The predicted octanol–water partition coefficient (Wildman–Crippen LogP) is 1.49. The quantitative estimate of drug-likeness (QED) is 0.518. The van der Waals surface area contributed by atoms with Crippen molar-refractivity contribution in [2.75, 3.05) is 0 Å². The van der Waals surface area contributed by atoms with E-state index in [1.54, 1.807) is 6.92 Å². The van der Waals surface area contributed by atoms with Crippen LogP contribution in [-0.4, -0.2) is 5.78 Å². The van der Waals surface area contributed by atoms with E-state index in [4.69, 9.17) is 0 Å². The van der Waals surface area contributed by atoms with Crippen LogP contribution in [0, 0.1) is 10.4 Å². The van der Waals surface area contributed by atoms with E-state index in [0.29, 0.717) is 0 Å². The first-order valence-corrected chi connectivity index (χ1v) is 2.94. The van der Waals surface area contributed by atoms with Gasteiger partial charge in [-0.05, 0) is 23.4 Å². The van der Waals surface area contributed by atoms with Crippen LogP contribution in [0.5, 0.6) is 0 Å². The van der Waals surface area contributed by atoms with Gasteiger partial charge in [0.2, 0.25) is 0 Å². The molecule has 0 aliphatic heterocycles. The zero-order valence-electron chi connectivity index (χ0n) is 5.14. The average Bonchev–Trinajstić information content (AvgIpc) is 1.76. The Morgan fingerprint density at radius 3 is 2.33 bits per heavy atom. The van der Waals surface area contributed by atoms with Gasteiger partial charge in [0.05, 0.1) is 0 Å². The van der Waals surface area contributed by atoms with Gasteiger partial charge in [0.15, 0.2) is 5.78 Å². The lowest BCUT2D eigenvalue weighted by Gasteiger charge is -2.06. The molecule has 0 fully saturated rings. The maximum atomic E-state index is 10.7. The summed E-state index contributed by atoms with van der Waals surface area (Å²) >= 11 is 0. The zero-order valence-corrected chi connectivity index (χ0v) is 5.14. The number of ketones is 1. The molecule has 0 saturated carbocycles.